The Hall–Kier alpha value is -0.650. The van der Waals surface area contributed by atoms with Crippen LogP contribution in [0.25, 0.3) is 0 Å². The van der Waals surface area contributed by atoms with Gasteiger partial charge in [-0.2, -0.15) is 0 Å². The van der Waals surface area contributed by atoms with Crippen molar-refractivity contribution >= 4 is 5.97 Å². The van der Waals surface area contributed by atoms with Gasteiger partial charge in [0.2, 0.25) is 0 Å². The number of hydrogen-bond acceptors (Lipinski definition) is 4. The second kappa shape index (κ2) is 2.08. The highest BCUT2D eigenvalue weighted by molar-refractivity contribution is 5.73. The number of hydroxylamine groups is 1. The molecule has 0 saturated carbocycles. The molecule has 8 heavy (non-hydrogen) atoms. The SMILES string of the molecule is CC(O)(N[O])C(=O)[O-]. The smallest absolute Gasteiger partial charge is 0.178 e. The van der Waals surface area contributed by atoms with Crippen LogP contribution in [0.2, 0.25) is 0 Å². The highest BCUT2D eigenvalue weighted by Crippen LogP contribution is 1.91. The molecule has 0 spiro atoms. The van der Waals surface area contributed by atoms with Crippen molar-refractivity contribution in [2.45, 2.75) is 12.6 Å². The standard InChI is InChI=1S/C3H6NO4/c1-3(7,4-8)2(5)6/h4,7H,1H3,(H,5,6)/p-1. The third-order valence-corrected chi connectivity index (χ3v) is 0.596. The number of aliphatic carboxylic acids is 1. The molecule has 0 fully saturated rings. The summed E-state index contributed by atoms with van der Waals surface area (Å²) in [6.45, 7) is 0.787. The molecule has 0 rings (SSSR count). The molecule has 5 nitrogen and oxygen atoms in total. The van der Waals surface area contributed by atoms with Gasteiger partial charge in [0.05, 0.1) is 5.97 Å². The number of carboxylic acids is 1. The van der Waals surface area contributed by atoms with E-state index in [1.165, 1.54) is 0 Å². The summed E-state index contributed by atoms with van der Waals surface area (Å²) in [4.78, 5) is 9.63. The third-order valence-electron chi connectivity index (χ3n) is 0.596. The van der Waals surface area contributed by atoms with Crippen LogP contribution in [0.5, 0.6) is 0 Å². The van der Waals surface area contributed by atoms with Crippen molar-refractivity contribution in [3.8, 4) is 0 Å². The average molecular weight is 119 g/mol. The minimum atomic E-state index is -2.46. The molecule has 2 N–H and O–H groups in total. The summed E-state index contributed by atoms with van der Waals surface area (Å²) >= 11 is 0. The molecule has 0 aliphatic rings. The van der Waals surface area contributed by atoms with Gasteiger partial charge in [-0.3, -0.25) is 0 Å². The number of nitrogens with one attached hydrogen (secondary N) is 1. The van der Waals surface area contributed by atoms with Crippen molar-refractivity contribution < 1.29 is 20.2 Å². The fourth-order valence-electron chi connectivity index (χ4n) is 0.0417. The lowest BCUT2D eigenvalue weighted by atomic mass is 10.3. The Balaban J connectivity index is 3.91. The lowest BCUT2D eigenvalue weighted by Crippen LogP contribution is -2.54. The average Bonchev–Trinajstić information content (AvgIpc) is 1.67. The molecule has 0 heterocycles. The quantitative estimate of drug-likeness (QED) is 0.307. The summed E-state index contributed by atoms with van der Waals surface area (Å²) in [5.74, 6) is -1.84. The van der Waals surface area contributed by atoms with E-state index < -0.39 is 11.7 Å². The number of rotatable bonds is 2. The molecule has 1 radical (unpaired) electrons. The molecular weight excluding hydrogens is 114 g/mol. The molecular formula is C3H5NO4-. The first kappa shape index (κ1) is 7.35. The zero-order chi connectivity index (χ0) is 6.78. The molecule has 5 heteroatoms. The highest BCUT2D eigenvalue weighted by Gasteiger charge is 2.20. The van der Waals surface area contributed by atoms with Crippen LogP contribution in [0.15, 0.2) is 0 Å². The predicted octanol–water partition coefficient (Wildman–Crippen LogP) is -2.62. The maximum Gasteiger partial charge on any atom is 0.178 e. The van der Waals surface area contributed by atoms with Gasteiger partial charge < -0.3 is 15.0 Å². The Morgan fingerprint density at radius 2 is 2.25 bits per heavy atom. The summed E-state index contributed by atoms with van der Waals surface area (Å²) in [6.07, 6.45) is 0. The summed E-state index contributed by atoms with van der Waals surface area (Å²) in [7, 11) is 0. The number of carboxylic acid groups (broad SMARTS) is 1. The molecule has 0 aromatic heterocycles. The van der Waals surface area contributed by atoms with Gasteiger partial charge in [0.25, 0.3) is 0 Å². The number of carbonyl (C=O) groups is 1. The van der Waals surface area contributed by atoms with Gasteiger partial charge >= 0.3 is 0 Å². The van der Waals surface area contributed by atoms with E-state index in [0.29, 0.717) is 0 Å². The van der Waals surface area contributed by atoms with Crippen molar-refractivity contribution in [3.63, 3.8) is 0 Å². The molecule has 0 saturated heterocycles. The number of carbonyl (C=O) groups excluding carboxylic acids is 1. The fourth-order valence-corrected chi connectivity index (χ4v) is 0.0417. The van der Waals surface area contributed by atoms with Crippen LogP contribution in [0.3, 0.4) is 0 Å². The van der Waals surface area contributed by atoms with E-state index in [9.17, 15) is 15.1 Å². The Morgan fingerprint density at radius 3 is 2.25 bits per heavy atom. The number of hydrogen-bond donors (Lipinski definition) is 2. The minimum Gasteiger partial charge on any atom is -0.545 e. The van der Waals surface area contributed by atoms with Crippen molar-refractivity contribution in [2.75, 3.05) is 0 Å². The Bertz CT molecular complexity index is 99.5. The van der Waals surface area contributed by atoms with E-state index in [2.05, 4.69) is 0 Å². The van der Waals surface area contributed by atoms with E-state index in [4.69, 9.17) is 5.11 Å². The first-order valence-corrected chi connectivity index (χ1v) is 1.84. The molecule has 1 atom stereocenters. The number of aliphatic hydroxyl groups is 1. The maximum absolute atomic E-state index is 9.63. The van der Waals surface area contributed by atoms with E-state index >= 15 is 0 Å². The molecule has 0 amide bonds. The van der Waals surface area contributed by atoms with Crippen molar-refractivity contribution in [3.05, 3.63) is 0 Å². The van der Waals surface area contributed by atoms with Gasteiger partial charge in [0, 0.05) is 0 Å². The largest absolute Gasteiger partial charge is 0.545 e. The fraction of sp³-hybridized carbons (Fsp3) is 0.667. The minimum absolute atomic E-state index is 0.787. The molecule has 0 aromatic rings. The van der Waals surface area contributed by atoms with Crippen LogP contribution in [0.4, 0.5) is 0 Å². The third kappa shape index (κ3) is 1.45. The molecule has 0 bridgehead atoms. The zero-order valence-corrected chi connectivity index (χ0v) is 4.17. The van der Waals surface area contributed by atoms with Crippen LogP contribution in [-0.4, -0.2) is 16.8 Å². The summed E-state index contributed by atoms with van der Waals surface area (Å²) in [5, 5.41) is 27.4. The van der Waals surface area contributed by atoms with Crippen molar-refractivity contribution in [1.29, 1.82) is 0 Å². The summed E-state index contributed by atoms with van der Waals surface area (Å²) in [5.41, 5.74) is -1.57. The van der Waals surface area contributed by atoms with Gasteiger partial charge in [-0.05, 0) is 6.92 Å². The molecule has 0 aliphatic heterocycles. The first-order valence-electron chi connectivity index (χ1n) is 1.84. The first-order chi connectivity index (χ1) is 3.50. The molecule has 0 aromatic carbocycles. The van der Waals surface area contributed by atoms with Gasteiger partial charge in [-0.1, -0.05) is 0 Å². The Kier molecular flexibility index (Phi) is 1.91. The van der Waals surface area contributed by atoms with E-state index in [-0.39, 0.29) is 0 Å². The second-order valence-corrected chi connectivity index (χ2v) is 1.46. The zero-order valence-electron chi connectivity index (χ0n) is 4.17. The monoisotopic (exact) mass is 119 g/mol. The normalized spacial score (nSPS) is 17.4. The molecule has 0 aliphatic carbocycles. The van der Waals surface area contributed by atoms with E-state index in [0.717, 1.165) is 12.4 Å². The van der Waals surface area contributed by atoms with Crippen molar-refractivity contribution in [1.82, 2.24) is 5.48 Å². The van der Waals surface area contributed by atoms with Crippen LogP contribution >= 0.6 is 0 Å². The topological polar surface area (TPSA) is 92.3 Å². The molecule has 47 valence electrons. The van der Waals surface area contributed by atoms with Crippen LogP contribution in [0, 0.1) is 0 Å². The Labute approximate surface area is 45.5 Å². The summed E-state index contributed by atoms with van der Waals surface area (Å²) in [6, 6.07) is 0. The second-order valence-electron chi connectivity index (χ2n) is 1.46. The van der Waals surface area contributed by atoms with Gasteiger partial charge in [-0.25, -0.2) is 0 Å². The van der Waals surface area contributed by atoms with Crippen LogP contribution < -0.4 is 10.6 Å². The van der Waals surface area contributed by atoms with E-state index in [1.54, 1.807) is 0 Å². The lowest BCUT2D eigenvalue weighted by Gasteiger charge is -2.19. The van der Waals surface area contributed by atoms with Crippen LogP contribution in [-0.2, 0) is 10.0 Å². The predicted molar refractivity (Wildman–Crippen MR) is 19.5 cm³/mol. The van der Waals surface area contributed by atoms with Gasteiger partial charge in [0.15, 0.2) is 5.72 Å². The summed E-state index contributed by atoms with van der Waals surface area (Å²) < 4.78 is 0. The highest BCUT2D eigenvalue weighted by atomic mass is 16.5. The molecule has 1 unspecified atom stereocenters. The lowest BCUT2D eigenvalue weighted by molar-refractivity contribution is -0.332. The maximum atomic E-state index is 9.63. The van der Waals surface area contributed by atoms with Crippen LogP contribution in [0.1, 0.15) is 6.92 Å². The van der Waals surface area contributed by atoms with Gasteiger partial charge in [-0.15, -0.1) is 10.7 Å². The van der Waals surface area contributed by atoms with E-state index in [1.807, 2.05) is 0 Å². The Morgan fingerprint density at radius 1 is 1.88 bits per heavy atom. The van der Waals surface area contributed by atoms with Crippen molar-refractivity contribution in [2.24, 2.45) is 0 Å². The van der Waals surface area contributed by atoms with Gasteiger partial charge in [0.1, 0.15) is 0 Å².